The van der Waals surface area contributed by atoms with Gasteiger partial charge in [0.1, 0.15) is 5.75 Å². The molecule has 0 N–H and O–H groups in total. The second-order valence-corrected chi connectivity index (χ2v) is 10.7. The highest BCUT2D eigenvalue weighted by Crippen LogP contribution is 2.53. The summed E-state index contributed by atoms with van der Waals surface area (Å²) in [4.78, 5) is 1.17. The monoisotopic (exact) mass is 513 g/mol. The summed E-state index contributed by atoms with van der Waals surface area (Å²) in [5, 5.41) is 0. The normalized spacial score (nSPS) is 13.3. The van der Waals surface area contributed by atoms with Crippen molar-refractivity contribution in [2.75, 3.05) is 11.4 Å². The van der Waals surface area contributed by atoms with Gasteiger partial charge in [-0.3, -0.25) is 4.31 Å². The number of sulfonamides is 1. The van der Waals surface area contributed by atoms with Gasteiger partial charge in [0.2, 0.25) is 0 Å². The summed E-state index contributed by atoms with van der Waals surface area (Å²) in [5.74, 6) is 0.619. The molecule has 2 aromatic carbocycles. The van der Waals surface area contributed by atoms with Gasteiger partial charge in [-0.2, -0.15) is 0 Å². The predicted octanol–water partition coefficient (Wildman–Crippen LogP) is 5.66. The number of hydrogen-bond acceptors (Lipinski definition) is 4. The molecule has 0 saturated carbocycles. The third-order valence-corrected chi connectivity index (χ3v) is 9.47. The van der Waals surface area contributed by atoms with E-state index in [0.717, 1.165) is 24.3 Å². The van der Waals surface area contributed by atoms with Gasteiger partial charge >= 0.3 is 0 Å². The highest BCUT2D eigenvalue weighted by Gasteiger charge is 2.35. The maximum absolute atomic E-state index is 13.4. The Labute approximate surface area is 172 Å². The molecule has 3 aromatic rings. The zero-order valence-corrected chi connectivity index (χ0v) is 18.4. The summed E-state index contributed by atoms with van der Waals surface area (Å²) >= 11 is 8.61. The van der Waals surface area contributed by atoms with Crippen LogP contribution < -0.4 is 9.04 Å². The zero-order chi connectivity index (χ0) is 18.5. The van der Waals surface area contributed by atoms with E-state index in [2.05, 4.69) is 31.9 Å². The third-order valence-electron chi connectivity index (χ3n) is 4.26. The maximum Gasteiger partial charge on any atom is 0.264 e. The molecule has 0 bridgehead atoms. The number of fused-ring (bicyclic) bond motifs is 3. The second-order valence-electron chi connectivity index (χ2n) is 5.71. The van der Waals surface area contributed by atoms with Gasteiger partial charge in [-0.1, -0.05) is 24.3 Å². The van der Waals surface area contributed by atoms with E-state index in [0.29, 0.717) is 18.0 Å². The number of rotatable bonds is 3. The average Bonchev–Trinajstić information content (AvgIpc) is 2.96. The number of nitrogens with zero attached hydrogens (tertiary/aromatic N) is 1. The lowest BCUT2D eigenvalue weighted by molar-refractivity contribution is 0.414. The van der Waals surface area contributed by atoms with Crippen LogP contribution in [0.4, 0.5) is 5.69 Å². The number of anilines is 1. The molecule has 8 heteroatoms. The van der Waals surface area contributed by atoms with Crippen LogP contribution in [0.2, 0.25) is 0 Å². The van der Waals surface area contributed by atoms with Crippen molar-refractivity contribution >= 4 is 58.9 Å². The van der Waals surface area contributed by atoms with Gasteiger partial charge in [-0.05, 0) is 67.3 Å². The smallest absolute Gasteiger partial charge is 0.264 e. The summed E-state index contributed by atoms with van der Waals surface area (Å²) in [7, 11) is -2.17. The van der Waals surface area contributed by atoms with E-state index in [1.807, 2.05) is 24.3 Å². The standard InChI is InChI=1S/C18H13Br2NO3S2/c1-24-12-6-8-13(9-7-12)26(22,23)21-10-11-4-2-3-5-14(11)17-16(21)15(19)18(20)25-17/h2-9H,10H2,1H3. The molecule has 0 spiro atoms. The first-order valence-electron chi connectivity index (χ1n) is 7.66. The van der Waals surface area contributed by atoms with Crippen LogP contribution in [0.25, 0.3) is 10.4 Å². The second kappa shape index (κ2) is 6.67. The Morgan fingerprint density at radius 2 is 1.77 bits per heavy atom. The van der Waals surface area contributed by atoms with Crippen LogP contribution in [0.3, 0.4) is 0 Å². The van der Waals surface area contributed by atoms with E-state index in [4.69, 9.17) is 4.74 Å². The minimum absolute atomic E-state index is 0.234. The van der Waals surface area contributed by atoms with Gasteiger partial charge in [0.15, 0.2) is 0 Å². The molecule has 134 valence electrons. The van der Waals surface area contributed by atoms with Crippen molar-refractivity contribution in [2.24, 2.45) is 0 Å². The van der Waals surface area contributed by atoms with Gasteiger partial charge < -0.3 is 4.74 Å². The van der Waals surface area contributed by atoms with Crippen molar-refractivity contribution in [2.45, 2.75) is 11.4 Å². The Morgan fingerprint density at radius 3 is 2.46 bits per heavy atom. The van der Waals surface area contributed by atoms with E-state index in [1.54, 1.807) is 31.4 Å². The Kier molecular flexibility index (Phi) is 4.63. The number of ether oxygens (including phenoxy) is 1. The van der Waals surface area contributed by atoms with Crippen LogP contribution in [0.15, 0.2) is 61.7 Å². The molecule has 1 aromatic heterocycles. The summed E-state index contributed by atoms with van der Waals surface area (Å²) < 4.78 is 35.0. The topological polar surface area (TPSA) is 46.6 Å². The molecule has 4 rings (SSSR count). The number of hydrogen-bond donors (Lipinski definition) is 0. The van der Waals surface area contributed by atoms with E-state index >= 15 is 0 Å². The fourth-order valence-corrected chi connectivity index (χ4v) is 7.06. The Bertz CT molecular complexity index is 1090. The largest absolute Gasteiger partial charge is 0.497 e. The van der Waals surface area contributed by atoms with Crippen LogP contribution in [0, 0.1) is 0 Å². The number of halogens is 2. The van der Waals surface area contributed by atoms with Gasteiger partial charge in [-0.15, -0.1) is 11.3 Å². The van der Waals surface area contributed by atoms with Crippen molar-refractivity contribution in [3.8, 4) is 16.2 Å². The highest BCUT2D eigenvalue weighted by molar-refractivity contribution is 9.13. The lowest BCUT2D eigenvalue weighted by Gasteiger charge is -2.30. The fraction of sp³-hybridized carbons (Fsp3) is 0.111. The SMILES string of the molecule is COc1ccc(S(=O)(=O)N2Cc3ccccc3-c3sc(Br)c(Br)c32)cc1. The molecular weight excluding hydrogens is 502 g/mol. The van der Waals surface area contributed by atoms with Gasteiger partial charge in [0.05, 0.1) is 37.4 Å². The molecule has 0 aliphatic carbocycles. The molecule has 4 nitrogen and oxygen atoms in total. The zero-order valence-electron chi connectivity index (χ0n) is 13.6. The molecule has 0 atom stereocenters. The van der Waals surface area contributed by atoms with E-state index in [9.17, 15) is 8.42 Å². The number of methoxy groups -OCH3 is 1. The minimum Gasteiger partial charge on any atom is -0.497 e. The molecule has 26 heavy (non-hydrogen) atoms. The predicted molar refractivity (Wildman–Crippen MR) is 112 cm³/mol. The van der Waals surface area contributed by atoms with Crippen molar-refractivity contribution in [1.82, 2.24) is 0 Å². The van der Waals surface area contributed by atoms with Crippen molar-refractivity contribution in [1.29, 1.82) is 0 Å². The summed E-state index contributed by atoms with van der Waals surface area (Å²) in [6, 6.07) is 14.4. The fourth-order valence-electron chi connectivity index (χ4n) is 2.97. The molecule has 0 amide bonds. The lowest BCUT2D eigenvalue weighted by atomic mass is 10.0. The molecule has 2 heterocycles. The molecule has 0 saturated heterocycles. The number of benzene rings is 2. The van der Waals surface area contributed by atoms with E-state index in [-0.39, 0.29) is 4.90 Å². The van der Waals surface area contributed by atoms with Gasteiger partial charge in [0, 0.05) is 0 Å². The first-order chi connectivity index (χ1) is 12.4. The van der Waals surface area contributed by atoms with Crippen molar-refractivity contribution in [3.05, 3.63) is 62.4 Å². The Morgan fingerprint density at radius 1 is 1.08 bits per heavy atom. The number of thiophene rings is 1. The summed E-state index contributed by atoms with van der Waals surface area (Å²) in [5.41, 5.74) is 2.73. The molecule has 1 aliphatic heterocycles. The molecular formula is C18H13Br2NO3S2. The van der Waals surface area contributed by atoms with Gasteiger partial charge in [0.25, 0.3) is 10.0 Å². The van der Waals surface area contributed by atoms with Crippen molar-refractivity contribution < 1.29 is 13.2 Å². The summed E-state index contributed by atoms with van der Waals surface area (Å²) in [6.45, 7) is 0.291. The van der Waals surface area contributed by atoms with Crippen LogP contribution in [-0.4, -0.2) is 15.5 Å². The van der Waals surface area contributed by atoms with Crippen LogP contribution in [0.1, 0.15) is 5.56 Å². The third kappa shape index (κ3) is 2.79. The molecule has 0 radical (unpaired) electrons. The summed E-state index contributed by atoms with van der Waals surface area (Å²) in [6.07, 6.45) is 0. The maximum atomic E-state index is 13.4. The van der Waals surface area contributed by atoms with Crippen molar-refractivity contribution in [3.63, 3.8) is 0 Å². The van der Waals surface area contributed by atoms with Crippen LogP contribution >= 0.6 is 43.2 Å². The first-order valence-corrected chi connectivity index (χ1v) is 11.5. The van der Waals surface area contributed by atoms with E-state index < -0.39 is 10.0 Å². The first kappa shape index (κ1) is 18.0. The van der Waals surface area contributed by atoms with Gasteiger partial charge in [-0.25, -0.2) is 8.42 Å². The highest BCUT2D eigenvalue weighted by atomic mass is 79.9. The Balaban J connectivity index is 1.89. The van der Waals surface area contributed by atoms with E-state index in [1.165, 1.54) is 15.6 Å². The van der Waals surface area contributed by atoms with Crippen LogP contribution in [-0.2, 0) is 16.6 Å². The molecule has 1 aliphatic rings. The molecule has 0 unspecified atom stereocenters. The van der Waals surface area contributed by atoms with Crippen LogP contribution in [0.5, 0.6) is 5.75 Å². The quantitative estimate of drug-likeness (QED) is 0.453. The average molecular weight is 515 g/mol. The minimum atomic E-state index is -3.72. The molecule has 0 fully saturated rings. The lowest BCUT2D eigenvalue weighted by Crippen LogP contribution is -2.32. The Hall–Kier alpha value is -1.35.